The standard InChI is InChI=1S/C25H22FN3O/c26-20-10-3-1-9-19(20)17-29-22-12-4-2-8-18(22)16-24(29)25(30)28-15-7-13-23(28)21-11-5-6-14-27-21/h1-6,8-12,14,16,23H,7,13,15,17H2. The Bertz CT molecular complexity index is 1200. The fourth-order valence-corrected chi connectivity index (χ4v) is 4.39. The van der Waals surface area contributed by atoms with Crippen LogP contribution < -0.4 is 0 Å². The molecule has 1 atom stereocenters. The zero-order valence-corrected chi connectivity index (χ0v) is 16.5. The fourth-order valence-electron chi connectivity index (χ4n) is 4.39. The van der Waals surface area contributed by atoms with Crippen molar-refractivity contribution in [3.63, 3.8) is 0 Å². The molecule has 4 nitrogen and oxygen atoms in total. The fraction of sp³-hybridized carbons (Fsp3) is 0.200. The number of pyridine rings is 1. The van der Waals surface area contributed by atoms with Gasteiger partial charge in [0.2, 0.25) is 0 Å². The number of amides is 1. The quantitative estimate of drug-likeness (QED) is 0.473. The van der Waals surface area contributed by atoms with Crippen LogP contribution in [0.2, 0.25) is 0 Å². The molecule has 0 bridgehead atoms. The van der Waals surface area contributed by atoms with Crippen LogP contribution in [0.1, 0.15) is 40.6 Å². The lowest BCUT2D eigenvalue weighted by atomic mass is 10.1. The Hall–Kier alpha value is -3.47. The van der Waals surface area contributed by atoms with E-state index in [1.165, 1.54) is 6.07 Å². The summed E-state index contributed by atoms with van der Waals surface area (Å²) >= 11 is 0. The SMILES string of the molecule is O=C(c1cc2ccccc2n1Cc1ccccc1F)N1CCCC1c1ccccn1. The predicted molar refractivity (Wildman–Crippen MR) is 115 cm³/mol. The normalized spacial score (nSPS) is 16.3. The van der Waals surface area contributed by atoms with Gasteiger partial charge in [-0.05, 0) is 43.2 Å². The van der Waals surface area contributed by atoms with Crippen LogP contribution in [0, 0.1) is 5.82 Å². The first-order valence-electron chi connectivity index (χ1n) is 10.3. The number of likely N-dealkylation sites (tertiary alicyclic amines) is 1. The number of benzene rings is 2. The van der Waals surface area contributed by atoms with Gasteiger partial charge in [-0.15, -0.1) is 0 Å². The minimum atomic E-state index is -0.263. The maximum Gasteiger partial charge on any atom is 0.271 e. The van der Waals surface area contributed by atoms with Crippen LogP contribution in [0.5, 0.6) is 0 Å². The van der Waals surface area contributed by atoms with Crippen molar-refractivity contribution < 1.29 is 9.18 Å². The van der Waals surface area contributed by atoms with Crippen molar-refractivity contribution in [2.45, 2.75) is 25.4 Å². The molecular weight excluding hydrogens is 377 g/mol. The highest BCUT2D eigenvalue weighted by Gasteiger charge is 2.33. The number of rotatable bonds is 4. The van der Waals surface area contributed by atoms with Crippen LogP contribution in [-0.4, -0.2) is 26.9 Å². The first-order valence-corrected chi connectivity index (χ1v) is 10.3. The number of hydrogen-bond donors (Lipinski definition) is 0. The largest absolute Gasteiger partial charge is 0.332 e. The Balaban J connectivity index is 1.57. The zero-order chi connectivity index (χ0) is 20.5. The van der Waals surface area contributed by atoms with E-state index in [4.69, 9.17) is 0 Å². The smallest absolute Gasteiger partial charge is 0.271 e. The van der Waals surface area contributed by atoms with Gasteiger partial charge in [-0.3, -0.25) is 9.78 Å². The number of hydrogen-bond acceptors (Lipinski definition) is 2. The summed E-state index contributed by atoms with van der Waals surface area (Å²) in [6, 6.07) is 22.3. The van der Waals surface area contributed by atoms with Crippen molar-refractivity contribution in [1.82, 2.24) is 14.5 Å². The van der Waals surface area contributed by atoms with Crippen LogP contribution in [-0.2, 0) is 6.54 Å². The van der Waals surface area contributed by atoms with Gasteiger partial charge in [0.1, 0.15) is 11.5 Å². The third-order valence-electron chi connectivity index (χ3n) is 5.86. The number of halogens is 1. The van der Waals surface area contributed by atoms with Crippen LogP contribution >= 0.6 is 0 Å². The van der Waals surface area contributed by atoms with Gasteiger partial charge in [-0.25, -0.2) is 4.39 Å². The van der Waals surface area contributed by atoms with Crippen molar-refractivity contribution in [3.05, 3.63) is 102 Å². The molecule has 3 heterocycles. The molecule has 2 aromatic heterocycles. The summed E-state index contributed by atoms with van der Waals surface area (Å²) < 4.78 is 16.3. The lowest BCUT2D eigenvalue weighted by Gasteiger charge is -2.25. The maximum atomic E-state index is 14.4. The Kier molecular flexibility index (Phi) is 4.79. The summed E-state index contributed by atoms with van der Waals surface area (Å²) in [5.74, 6) is -0.295. The van der Waals surface area contributed by atoms with Crippen LogP contribution in [0.25, 0.3) is 10.9 Å². The van der Waals surface area contributed by atoms with Gasteiger partial charge in [-0.2, -0.15) is 0 Å². The second-order valence-corrected chi connectivity index (χ2v) is 7.68. The van der Waals surface area contributed by atoms with Gasteiger partial charge in [-0.1, -0.05) is 42.5 Å². The van der Waals surface area contributed by atoms with Gasteiger partial charge >= 0.3 is 0 Å². The molecular formula is C25H22FN3O. The number of nitrogens with zero attached hydrogens (tertiary/aromatic N) is 3. The summed E-state index contributed by atoms with van der Waals surface area (Å²) in [4.78, 5) is 20.1. The van der Waals surface area contributed by atoms with Crippen molar-refractivity contribution in [2.24, 2.45) is 0 Å². The molecule has 1 aliphatic heterocycles. The van der Waals surface area contributed by atoms with E-state index in [0.717, 1.165) is 29.4 Å². The third-order valence-corrected chi connectivity index (χ3v) is 5.86. The highest BCUT2D eigenvalue weighted by molar-refractivity contribution is 5.99. The molecule has 1 fully saturated rings. The van der Waals surface area contributed by atoms with E-state index >= 15 is 0 Å². The first-order chi connectivity index (χ1) is 14.7. The molecule has 5 heteroatoms. The molecule has 0 saturated carbocycles. The van der Waals surface area contributed by atoms with E-state index in [-0.39, 0.29) is 17.8 Å². The van der Waals surface area contributed by atoms with E-state index in [1.807, 2.05) is 64.1 Å². The Labute approximate surface area is 174 Å². The molecule has 4 aromatic rings. The highest BCUT2D eigenvalue weighted by atomic mass is 19.1. The number of para-hydroxylation sites is 1. The average Bonchev–Trinajstić information content (AvgIpc) is 3.41. The molecule has 1 unspecified atom stereocenters. The zero-order valence-electron chi connectivity index (χ0n) is 16.5. The highest BCUT2D eigenvalue weighted by Crippen LogP contribution is 2.33. The summed E-state index contributed by atoms with van der Waals surface area (Å²) in [5, 5.41) is 0.978. The Morgan fingerprint density at radius 3 is 2.67 bits per heavy atom. The molecule has 1 saturated heterocycles. The minimum absolute atomic E-state index is 0.0291. The van der Waals surface area contributed by atoms with E-state index in [1.54, 1.807) is 18.3 Å². The number of aromatic nitrogens is 2. The first kappa shape index (κ1) is 18.6. The summed E-state index contributed by atoms with van der Waals surface area (Å²) in [6.45, 7) is 1.00. The molecule has 0 aliphatic carbocycles. The molecule has 2 aromatic carbocycles. The second-order valence-electron chi connectivity index (χ2n) is 7.68. The Morgan fingerprint density at radius 1 is 1.03 bits per heavy atom. The van der Waals surface area contributed by atoms with E-state index < -0.39 is 0 Å². The van der Waals surface area contributed by atoms with Gasteiger partial charge in [0.25, 0.3) is 5.91 Å². The monoisotopic (exact) mass is 399 g/mol. The average molecular weight is 399 g/mol. The third kappa shape index (κ3) is 3.26. The van der Waals surface area contributed by atoms with E-state index in [0.29, 0.717) is 24.3 Å². The minimum Gasteiger partial charge on any atom is -0.332 e. The summed E-state index contributed by atoms with van der Waals surface area (Å²) in [6.07, 6.45) is 3.61. The van der Waals surface area contributed by atoms with Crippen LogP contribution in [0.4, 0.5) is 4.39 Å². The molecule has 1 amide bonds. The molecule has 1 aliphatic rings. The predicted octanol–water partition coefficient (Wildman–Crippen LogP) is 5.20. The molecule has 30 heavy (non-hydrogen) atoms. The topological polar surface area (TPSA) is 38.1 Å². The lowest BCUT2D eigenvalue weighted by Crippen LogP contribution is -2.32. The number of carbonyl (C=O) groups excluding carboxylic acids is 1. The molecule has 5 rings (SSSR count). The van der Waals surface area contributed by atoms with Gasteiger partial charge < -0.3 is 9.47 Å². The van der Waals surface area contributed by atoms with E-state index in [2.05, 4.69) is 4.98 Å². The van der Waals surface area contributed by atoms with Gasteiger partial charge in [0.15, 0.2) is 0 Å². The summed E-state index contributed by atoms with van der Waals surface area (Å²) in [5.41, 5.74) is 3.00. The van der Waals surface area contributed by atoms with Crippen LogP contribution in [0.3, 0.4) is 0 Å². The molecule has 0 N–H and O–H groups in total. The van der Waals surface area contributed by atoms with Gasteiger partial charge in [0.05, 0.1) is 18.3 Å². The van der Waals surface area contributed by atoms with E-state index in [9.17, 15) is 9.18 Å². The van der Waals surface area contributed by atoms with Gasteiger partial charge in [0, 0.05) is 29.2 Å². The molecule has 150 valence electrons. The van der Waals surface area contributed by atoms with Crippen molar-refractivity contribution in [3.8, 4) is 0 Å². The number of carbonyl (C=O) groups is 1. The lowest BCUT2D eigenvalue weighted by molar-refractivity contribution is 0.0723. The second kappa shape index (κ2) is 7.75. The van der Waals surface area contributed by atoms with Crippen molar-refractivity contribution in [1.29, 1.82) is 0 Å². The van der Waals surface area contributed by atoms with Crippen molar-refractivity contribution >= 4 is 16.8 Å². The molecule has 0 spiro atoms. The van der Waals surface area contributed by atoms with Crippen molar-refractivity contribution in [2.75, 3.05) is 6.54 Å². The van der Waals surface area contributed by atoms with Crippen LogP contribution in [0.15, 0.2) is 79.0 Å². The maximum absolute atomic E-state index is 14.4. The molecule has 0 radical (unpaired) electrons. The number of fused-ring (bicyclic) bond motifs is 1. The Morgan fingerprint density at radius 2 is 1.83 bits per heavy atom. The summed E-state index contributed by atoms with van der Waals surface area (Å²) in [7, 11) is 0.